The molecule has 1 aliphatic carbocycles. The Kier molecular flexibility index (Phi) is 10.8. The second-order valence-corrected chi connectivity index (χ2v) is 11.8. The molecule has 3 aliphatic rings. The number of hydrogen-bond acceptors (Lipinski definition) is 8. The number of likely N-dealkylation sites (tertiary alicyclic amines) is 1. The van der Waals surface area contributed by atoms with E-state index in [4.69, 9.17) is 18.9 Å². The standard InChI is InChI=1S/C34H43N3O8/c1-3-42-34(41)45-24(2)44-31(38)28-11-15-30(16-12-28)37-22-21-36(32(37)39)29-13-9-26(10-14-29)27-17-19-35(20-18-27)33(40)43-23-25-7-5-4-6-8-25/h4-10,13-14,24,27-28,30H,3,11-12,15-23H2,1-2H3/t24?,28-,30-. The number of benzene rings is 2. The lowest BCUT2D eigenvalue weighted by atomic mass is 9.85. The van der Waals surface area contributed by atoms with Crippen LogP contribution in [-0.4, -0.2) is 79.2 Å². The molecule has 2 saturated heterocycles. The van der Waals surface area contributed by atoms with Gasteiger partial charge in [0.2, 0.25) is 6.29 Å². The number of rotatable bonds is 9. The van der Waals surface area contributed by atoms with Crippen molar-refractivity contribution in [2.75, 3.05) is 37.7 Å². The second-order valence-electron chi connectivity index (χ2n) is 11.8. The van der Waals surface area contributed by atoms with E-state index in [1.165, 1.54) is 12.5 Å². The van der Waals surface area contributed by atoms with Gasteiger partial charge in [0.15, 0.2) is 0 Å². The molecule has 2 aromatic rings. The van der Waals surface area contributed by atoms with Crippen molar-refractivity contribution in [3.05, 3.63) is 65.7 Å². The molecule has 2 aromatic carbocycles. The van der Waals surface area contributed by atoms with Gasteiger partial charge in [0.25, 0.3) is 0 Å². The molecule has 1 atom stereocenters. The van der Waals surface area contributed by atoms with Gasteiger partial charge < -0.3 is 28.7 Å². The van der Waals surface area contributed by atoms with E-state index in [0.29, 0.717) is 57.8 Å². The largest absolute Gasteiger partial charge is 0.511 e. The molecule has 242 valence electrons. The van der Waals surface area contributed by atoms with Gasteiger partial charge in [-0.2, -0.15) is 0 Å². The maximum atomic E-state index is 13.4. The number of carbonyl (C=O) groups excluding carboxylic acids is 4. The summed E-state index contributed by atoms with van der Waals surface area (Å²) in [5.74, 6) is -0.333. The van der Waals surface area contributed by atoms with Crippen LogP contribution in [0, 0.1) is 5.92 Å². The first-order valence-electron chi connectivity index (χ1n) is 16.0. The van der Waals surface area contributed by atoms with Crippen LogP contribution in [0.4, 0.5) is 20.1 Å². The number of esters is 1. The predicted octanol–water partition coefficient (Wildman–Crippen LogP) is 6.07. The molecule has 3 amide bonds. The average molecular weight is 622 g/mol. The van der Waals surface area contributed by atoms with E-state index in [0.717, 1.165) is 24.1 Å². The summed E-state index contributed by atoms with van der Waals surface area (Å²) in [6.07, 6.45) is 2.22. The van der Waals surface area contributed by atoms with Gasteiger partial charge in [-0.05, 0) is 74.6 Å². The Bertz CT molecular complexity index is 1300. The van der Waals surface area contributed by atoms with E-state index in [-0.39, 0.29) is 37.3 Å². The zero-order chi connectivity index (χ0) is 31.8. The molecule has 0 N–H and O–H groups in total. The van der Waals surface area contributed by atoms with Crippen molar-refractivity contribution in [2.45, 2.75) is 77.2 Å². The number of piperidine rings is 1. The van der Waals surface area contributed by atoms with Crippen molar-refractivity contribution in [1.29, 1.82) is 0 Å². The van der Waals surface area contributed by atoms with Gasteiger partial charge in [-0.3, -0.25) is 9.69 Å². The number of hydrogen-bond donors (Lipinski definition) is 0. The Hall–Kier alpha value is -4.28. The molecular weight excluding hydrogens is 578 g/mol. The third-order valence-electron chi connectivity index (χ3n) is 8.95. The van der Waals surface area contributed by atoms with Crippen LogP contribution in [0.25, 0.3) is 0 Å². The third kappa shape index (κ3) is 8.26. The fraction of sp³-hybridized carbons (Fsp3) is 0.529. The Balaban J connectivity index is 1.05. The molecule has 1 saturated carbocycles. The molecule has 1 unspecified atom stereocenters. The molecule has 0 radical (unpaired) electrons. The molecule has 11 nitrogen and oxygen atoms in total. The van der Waals surface area contributed by atoms with Crippen LogP contribution in [0.1, 0.15) is 69.4 Å². The van der Waals surface area contributed by atoms with Crippen molar-refractivity contribution in [3.8, 4) is 0 Å². The molecule has 0 aromatic heterocycles. The highest BCUT2D eigenvalue weighted by molar-refractivity contribution is 5.94. The van der Waals surface area contributed by atoms with Gasteiger partial charge in [-0.15, -0.1) is 0 Å². The summed E-state index contributed by atoms with van der Waals surface area (Å²) in [4.78, 5) is 55.5. The normalized spacial score (nSPS) is 21.3. The van der Waals surface area contributed by atoms with E-state index >= 15 is 0 Å². The van der Waals surface area contributed by atoms with Crippen LogP contribution >= 0.6 is 0 Å². The third-order valence-corrected chi connectivity index (χ3v) is 8.95. The molecule has 0 bridgehead atoms. The minimum Gasteiger partial charge on any atom is -0.445 e. The topological polar surface area (TPSA) is 115 Å². The zero-order valence-electron chi connectivity index (χ0n) is 26.1. The molecular formula is C34H43N3O8. The summed E-state index contributed by atoms with van der Waals surface area (Å²) in [6, 6.07) is 18.0. The van der Waals surface area contributed by atoms with Crippen molar-refractivity contribution in [3.63, 3.8) is 0 Å². The smallest absolute Gasteiger partial charge is 0.445 e. The highest BCUT2D eigenvalue weighted by Gasteiger charge is 2.38. The molecule has 2 heterocycles. The number of nitrogens with zero attached hydrogens (tertiary/aromatic N) is 3. The van der Waals surface area contributed by atoms with Gasteiger partial charge in [0, 0.05) is 44.8 Å². The zero-order valence-corrected chi connectivity index (χ0v) is 26.1. The lowest BCUT2D eigenvalue weighted by molar-refractivity contribution is -0.174. The Morgan fingerprint density at radius 2 is 1.51 bits per heavy atom. The summed E-state index contributed by atoms with van der Waals surface area (Å²) >= 11 is 0. The van der Waals surface area contributed by atoms with Crippen LogP contribution in [0.2, 0.25) is 0 Å². The molecule has 3 fully saturated rings. The van der Waals surface area contributed by atoms with Crippen molar-refractivity contribution in [1.82, 2.24) is 9.80 Å². The fourth-order valence-electron chi connectivity index (χ4n) is 6.46. The van der Waals surface area contributed by atoms with Crippen LogP contribution in [-0.2, 0) is 30.3 Å². The number of amides is 3. The Labute approximate surface area is 264 Å². The average Bonchev–Trinajstić information content (AvgIpc) is 3.45. The SMILES string of the molecule is CCOC(=O)OC(C)OC(=O)[C@H]1CC[C@H](N2CCN(c3ccc(C4CCN(C(=O)OCc5ccccc5)CC4)cc3)C2=O)CC1. The van der Waals surface area contributed by atoms with Crippen LogP contribution in [0.3, 0.4) is 0 Å². The highest BCUT2D eigenvalue weighted by atomic mass is 16.8. The number of anilines is 1. The van der Waals surface area contributed by atoms with Gasteiger partial charge in [0.1, 0.15) is 6.61 Å². The maximum absolute atomic E-state index is 13.4. The minimum atomic E-state index is -1.02. The van der Waals surface area contributed by atoms with E-state index in [1.54, 1.807) is 11.8 Å². The van der Waals surface area contributed by atoms with E-state index in [1.807, 2.05) is 52.3 Å². The van der Waals surface area contributed by atoms with Crippen LogP contribution in [0.5, 0.6) is 0 Å². The van der Waals surface area contributed by atoms with E-state index in [9.17, 15) is 19.2 Å². The van der Waals surface area contributed by atoms with Gasteiger partial charge in [-0.25, -0.2) is 14.4 Å². The molecule has 0 spiro atoms. The van der Waals surface area contributed by atoms with E-state index < -0.39 is 18.4 Å². The van der Waals surface area contributed by atoms with Crippen molar-refractivity contribution in [2.24, 2.45) is 5.92 Å². The molecule has 5 rings (SSSR count). The Morgan fingerprint density at radius 3 is 2.18 bits per heavy atom. The number of carbonyl (C=O) groups is 4. The maximum Gasteiger partial charge on any atom is 0.511 e. The summed E-state index contributed by atoms with van der Waals surface area (Å²) in [6.45, 7) is 6.17. The van der Waals surface area contributed by atoms with E-state index in [2.05, 4.69) is 12.1 Å². The lowest BCUT2D eigenvalue weighted by Crippen LogP contribution is -2.42. The monoisotopic (exact) mass is 621 g/mol. The number of urea groups is 1. The summed E-state index contributed by atoms with van der Waals surface area (Å²) in [7, 11) is 0. The fourth-order valence-corrected chi connectivity index (χ4v) is 6.46. The minimum absolute atomic E-state index is 0.00689. The van der Waals surface area contributed by atoms with Gasteiger partial charge >= 0.3 is 24.2 Å². The summed E-state index contributed by atoms with van der Waals surface area (Å²) < 4.78 is 20.4. The number of ether oxygens (including phenoxy) is 4. The highest BCUT2D eigenvalue weighted by Crippen LogP contribution is 2.34. The van der Waals surface area contributed by atoms with Gasteiger partial charge in [0.05, 0.1) is 12.5 Å². The van der Waals surface area contributed by atoms with Crippen molar-refractivity contribution >= 4 is 29.9 Å². The quantitative estimate of drug-likeness (QED) is 0.188. The first kappa shape index (κ1) is 32.1. The predicted molar refractivity (Wildman–Crippen MR) is 165 cm³/mol. The van der Waals surface area contributed by atoms with Crippen LogP contribution in [0.15, 0.2) is 54.6 Å². The first-order valence-corrected chi connectivity index (χ1v) is 16.0. The van der Waals surface area contributed by atoms with Crippen molar-refractivity contribution < 1.29 is 38.1 Å². The Morgan fingerprint density at radius 1 is 0.822 bits per heavy atom. The first-order chi connectivity index (χ1) is 21.8. The lowest BCUT2D eigenvalue weighted by Gasteiger charge is -2.34. The summed E-state index contributed by atoms with van der Waals surface area (Å²) in [5.41, 5.74) is 3.06. The molecule has 11 heteroatoms. The second kappa shape index (κ2) is 15.1. The van der Waals surface area contributed by atoms with Gasteiger partial charge in [-0.1, -0.05) is 42.5 Å². The molecule has 2 aliphatic heterocycles. The summed E-state index contributed by atoms with van der Waals surface area (Å²) in [5, 5.41) is 0. The van der Waals surface area contributed by atoms with Crippen LogP contribution < -0.4 is 4.90 Å². The molecule has 45 heavy (non-hydrogen) atoms.